The maximum atomic E-state index is 12.7. The topological polar surface area (TPSA) is 46.3 Å². The van der Waals surface area contributed by atoms with E-state index in [1.807, 2.05) is 0 Å². The van der Waals surface area contributed by atoms with Crippen molar-refractivity contribution in [3.05, 3.63) is 53.5 Å². The molecule has 2 rings (SSSR count). The number of aryl methyl sites for hydroxylation is 1. The molecule has 0 spiro atoms. The van der Waals surface area contributed by atoms with Crippen molar-refractivity contribution in [1.82, 2.24) is 4.98 Å². The van der Waals surface area contributed by atoms with E-state index in [9.17, 15) is 9.50 Å². The van der Waals surface area contributed by atoms with Crippen LogP contribution < -0.4 is 0 Å². The van der Waals surface area contributed by atoms with Crippen LogP contribution in [0.1, 0.15) is 23.1 Å². The van der Waals surface area contributed by atoms with Crippen molar-refractivity contribution in [2.45, 2.75) is 13.0 Å². The number of aromatic nitrogens is 1. The smallest absolute Gasteiger partial charge is 0.181 e. The highest BCUT2D eigenvalue weighted by molar-refractivity contribution is 5.26. The molecular formula is C11H10FNO2. The minimum Gasteiger partial charge on any atom is -0.445 e. The number of oxazole rings is 1. The fourth-order valence-electron chi connectivity index (χ4n) is 1.37. The Labute approximate surface area is 86.2 Å². The molecule has 78 valence electrons. The summed E-state index contributed by atoms with van der Waals surface area (Å²) in [5, 5.41) is 9.90. The number of halogens is 1. The fraction of sp³-hybridized carbons (Fsp3) is 0.182. The second-order valence-corrected chi connectivity index (χ2v) is 3.26. The minimum atomic E-state index is -0.895. The van der Waals surface area contributed by atoms with E-state index in [4.69, 9.17) is 4.42 Å². The van der Waals surface area contributed by atoms with Crippen LogP contribution in [0.25, 0.3) is 0 Å². The van der Waals surface area contributed by atoms with Gasteiger partial charge in [-0.2, -0.15) is 0 Å². The average Bonchev–Trinajstić information content (AvgIpc) is 2.65. The maximum Gasteiger partial charge on any atom is 0.181 e. The third-order valence-electron chi connectivity index (χ3n) is 2.22. The molecule has 2 aromatic rings. The molecule has 1 aromatic carbocycles. The van der Waals surface area contributed by atoms with Crippen molar-refractivity contribution in [2.75, 3.05) is 0 Å². The molecule has 4 heteroatoms. The van der Waals surface area contributed by atoms with Crippen LogP contribution in [-0.2, 0) is 0 Å². The third kappa shape index (κ3) is 1.89. The highest BCUT2D eigenvalue weighted by atomic mass is 19.1. The van der Waals surface area contributed by atoms with Gasteiger partial charge >= 0.3 is 0 Å². The lowest BCUT2D eigenvalue weighted by Crippen LogP contribution is -2.00. The van der Waals surface area contributed by atoms with Crippen LogP contribution in [0.3, 0.4) is 0 Å². The summed E-state index contributed by atoms with van der Waals surface area (Å²) in [6.45, 7) is 1.74. The summed E-state index contributed by atoms with van der Waals surface area (Å²) < 4.78 is 17.7. The van der Waals surface area contributed by atoms with Crippen LogP contribution in [0.15, 0.2) is 35.1 Å². The lowest BCUT2D eigenvalue weighted by molar-refractivity contribution is 0.188. The van der Waals surface area contributed by atoms with Gasteiger partial charge in [0.1, 0.15) is 11.9 Å². The van der Waals surface area contributed by atoms with Crippen LogP contribution in [0.4, 0.5) is 4.39 Å². The van der Waals surface area contributed by atoms with Crippen molar-refractivity contribution < 1.29 is 13.9 Å². The standard InChI is InChI=1S/C11H10FNO2/c1-7-11(15-6-13-7)10(14)8-2-4-9(12)5-3-8/h2-6,10,14H,1H3. The summed E-state index contributed by atoms with van der Waals surface area (Å²) in [6, 6.07) is 5.62. The van der Waals surface area contributed by atoms with Crippen LogP contribution in [0.5, 0.6) is 0 Å². The van der Waals surface area contributed by atoms with Gasteiger partial charge < -0.3 is 9.52 Å². The lowest BCUT2D eigenvalue weighted by Gasteiger charge is -2.08. The first-order valence-electron chi connectivity index (χ1n) is 4.52. The van der Waals surface area contributed by atoms with E-state index in [1.54, 1.807) is 6.92 Å². The van der Waals surface area contributed by atoms with Gasteiger partial charge in [0.15, 0.2) is 12.2 Å². The Morgan fingerprint density at radius 2 is 2.00 bits per heavy atom. The first-order valence-corrected chi connectivity index (χ1v) is 4.52. The molecule has 0 aliphatic rings. The number of aliphatic hydroxyl groups excluding tert-OH is 1. The van der Waals surface area contributed by atoms with Crippen LogP contribution in [0, 0.1) is 12.7 Å². The summed E-state index contributed by atoms with van der Waals surface area (Å²) >= 11 is 0. The number of hydrogen-bond donors (Lipinski definition) is 1. The van der Waals surface area contributed by atoms with Gasteiger partial charge in [-0.15, -0.1) is 0 Å². The second kappa shape index (κ2) is 3.82. The molecule has 1 heterocycles. The van der Waals surface area contributed by atoms with E-state index in [2.05, 4.69) is 4.98 Å². The van der Waals surface area contributed by atoms with Crippen LogP contribution >= 0.6 is 0 Å². The highest BCUT2D eigenvalue weighted by Crippen LogP contribution is 2.23. The zero-order chi connectivity index (χ0) is 10.8. The third-order valence-corrected chi connectivity index (χ3v) is 2.22. The molecule has 0 aliphatic carbocycles. The number of benzene rings is 1. The first kappa shape index (κ1) is 9.86. The van der Waals surface area contributed by atoms with Crippen molar-refractivity contribution in [1.29, 1.82) is 0 Å². The van der Waals surface area contributed by atoms with Gasteiger partial charge in [-0.3, -0.25) is 0 Å². The normalized spacial score (nSPS) is 12.7. The molecule has 0 amide bonds. The molecule has 0 bridgehead atoms. The van der Waals surface area contributed by atoms with Crippen molar-refractivity contribution in [2.24, 2.45) is 0 Å². The molecule has 0 radical (unpaired) electrons. The zero-order valence-electron chi connectivity index (χ0n) is 8.14. The average molecular weight is 207 g/mol. The van der Waals surface area contributed by atoms with Gasteiger partial charge in [-0.05, 0) is 24.6 Å². The summed E-state index contributed by atoms with van der Waals surface area (Å²) in [6.07, 6.45) is 0.380. The predicted octanol–water partition coefficient (Wildman–Crippen LogP) is 2.20. The number of aliphatic hydroxyl groups is 1. The molecule has 3 nitrogen and oxygen atoms in total. The summed E-state index contributed by atoms with van der Waals surface area (Å²) in [7, 11) is 0. The van der Waals surface area contributed by atoms with E-state index in [1.165, 1.54) is 30.7 Å². The summed E-state index contributed by atoms with van der Waals surface area (Å²) in [4.78, 5) is 3.88. The Hall–Kier alpha value is -1.68. The van der Waals surface area contributed by atoms with Crippen LogP contribution in [-0.4, -0.2) is 10.1 Å². The summed E-state index contributed by atoms with van der Waals surface area (Å²) in [5.74, 6) is 0.0573. The van der Waals surface area contributed by atoms with E-state index in [0.29, 0.717) is 17.0 Å². The van der Waals surface area contributed by atoms with E-state index >= 15 is 0 Å². The van der Waals surface area contributed by atoms with Gasteiger partial charge in [0.2, 0.25) is 0 Å². The van der Waals surface area contributed by atoms with Gasteiger partial charge in [-0.25, -0.2) is 9.37 Å². The van der Waals surface area contributed by atoms with E-state index in [-0.39, 0.29) is 5.82 Å². The van der Waals surface area contributed by atoms with Gasteiger partial charge in [0.05, 0.1) is 5.69 Å². The SMILES string of the molecule is Cc1ncoc1C(O)c1ccc(F)cc1. The largest absolute Gasteiger partial charge is 0.445 e. The Morgan fingerprint density at radius 3 is 2.53 bits per heavy atom. The summed E-state index contributed by atoms with van der Waals surface area (Å²) in [5.41, 5.74) is 1.21. The Bertz CT molecular complexity index is 450. The number of hydrogen-bond acceptors (Lipinski definition) is 3. The fourth-order valence-corrected chi connectivity index (χ4v) is 1.37. The molecule has 0 saturated carbocycles. The predicted molar refractivity (Wildman–Crippen MR) is 51.7 cm³/mol. The molecule has 0 aliphatic heterocycles. The highest BCUT2D eigenvalue weighted by Gasteiger charge is 2.16. The minimum absolute atomic E-state index is 0.333. The van der Waals surface area contributed by atoms with Crippen molar-refractivity contribution >= 4 is 0 Å². The number of rotatable bonds is 2. The van der Waals surface area contributed by atoms with Gasteiger partial charge in [0, 0.05) is 0 Å². The lowest BCUT2D eigenvalue weighted by atomic mass is 10.1. The molecule has 0 saturated heterocycles. The second-order valence-electron chi connectivity index (χ2n) is 3.26. The molecule has 1 N–H and O–H groups in total. The van der Waals surface area contributed by atoms with E-state index in [0.717, 1.165) is 0 Å². The Kier molecular flexibility index (Phi) is 2.51. The monoisotopic (exact) mass is 207 g/mol. The first-order chi connectivity index (χ1) is 7.18. The molecule has 15 heavy (non-hydrogen) atoms. The van der Waals surface area contributed by atoms with Crippen molar-refractivity contribution in [3.63, 3.8) is 0 Å². The zero-order valence-corrected chi connectivity index (χ0v) is 8.14. The Balaban J connectivity index is 2.32. The number of nitrogens with zero attached hydrogens (tertiary/aromatic N) is 1. The maximum absolute atomic E-state index is 12.7. The molecular weight excluding hydrogens is 197 g/mol. The van der Waals surface area contributed by atoms with Crippen LogP contribution in [0.2, 0.25) is 0 Å². The van der Waals surface area contributed by atoms with Gasteiger partial charge in [-0.1, -0.05) is 12.1 Å². The van der Waals surface area contributed by atoms with E-state index < -0.39 is 6.10 Å². The van der Waals surface area contributed by atoms with Crippen molar-refractivity contribution in [3.8, 4) is 0 Å². The molecule has 0 fully saturated rings. The molecule has 1 aromatic heterocycles. The molecule has 1 unspecified atom stereocenters. The Morgan fingerprint density at radius 1 is 1.33 bits per heavy atom. The van der Waals surface area contributed by atoms with Gasteiger partial charge in [0.25, 0.3) is 0 Å². The molecule has 1 atom stereocenters. The quantitative estimate of drug-likeness (QED) is 0.821.